The summed E-state index contributed by atoms with van der Waals surface area (Å²) in [6.45, 7) is 0. The number of isocyanates is 1. The molecule has 0 bridgehead atoms. The van der Waals surface area contributed by atoms with Crippen molar-refractivity contribution in [3.8, 4) is 5.75 Å². The van der Waals surface area contributed by atoms with Crippen LogP contribution < -0.4 is 0 Å². The maximum absolute atomic E-state index is 12.2. The molecular formula is C8H3ClF3NO2. The lowest BCUT2D eigenvalue weighted by atomic mass is 10.2. The van der Waals surface area contributed by atoms with E-state index >= 15 is 0 Å². The Morgan fingerprint density at radius 1 is 1.40 bits per heavy atom. The number of hydrogen-bond donors (Lipinski definition) is 1. The first-order valence-electron chi connectivity index (χ1n) is 3.54. The van der Waals surface area contributed by atoms with Gasteiger partial charge in [-0.3, -0.25) is 0 Å². The van der Waals surface area contributed by atoms with E-state index in [1.807, 2.05) is 0 Å². The fourth-order valence-corrected chi connectivity index (χ4v) is 1.10. The van der Waals surface area contributed by atoms with Crippen molar-refractivity contribution in [1.82, 2.24) is 0 Å². The van der Waals surface area contributed by atoms with Crippen LogP contribution in [0.1, 0.15) is 5.56 Å². The largest absolute Gasteiger partial charge is 0.504 e. The molecular weight excluding hydrogens is 235 g/mol. The zero-order valence-corrected chi connectivity index (χ0v) is 7.73. The van der Waals surface area contributed by atoms with Crippen molar-refractivity contribution >= 4 is 23.4 Å². The molecule has 0 radical (unpaired) electrons. The van der Waals surface area contributed by atoms with Crippen molar-refractivity contribution in [2.75, 3.05) is 0 Å². The summed E-state index contributed by atoms with van der Waals surface area (Å²) in [5.41, 5.74) is -1.66. The first-order valence-corrected chi connectivity index (χ1v) is 3.91. The minimum Gasteiger partial charge on any atom is -0.504 e. The maximum Gasteiger partial charge on any atom is 0.416 e. The Kier molecular flexibility index (Phi) is 3.02. The molecule has 0 saturated heterocycles. The summed E-state index contributed by atoms with van der Waals surface area (Å²) in [5, 5.41) is 8.62. The van der Waals surface area contributed by atoms with Crippen molar-refractivity contribution in [2.24, 2.45) is 4.99 Å². The smallest absolute Gasteiger partial charge is 0.416 e. The van der Waals surface area contributed by atoms with Gasteiger partial charge in [0.1, 0.15) is 5.69 Å². The molecule has 1 N–H and O–H groups in total. The topological polar surface area (TPSA) is 49.7 Å². The quantitative estimate of drug-likeness (QED) is 0.603. The van der Waals surface area contributed by atoms with Gasteiger partial charge in [0.2, 0.25) is 6.08 Å². The number of rotatable bonds is 1. The van der Waals surface area contributed by atoms with E-state index in [0.717, 1.165) is 6.08 Å². The second-order valence-electron chi connectivity index (χ2n) is 2.53. The van der Waals surface area contributed by atoms with Crippen LogP contribution in [0.25, 0.3) is 0 Å². The van der Waals surface area contributed by atoms with Gasteiger partial charge in [-0.2, -0.15) is 18.2 Å². The molecule has 0 aromatic heterocycles. The van der Waals surface area contributed by atoms with E-state index in [-0.39, 0.29) is 0 Å². The van der Waals surface area contributed by atoms with E-state index in [1.165, 1.54) is 0 Å². The van der Waals surface area contributed by atoms with Gasteiger partial charge in [-0.25, -0.2) is 4.79 Å². The van der Waals surface area contributed by atoms with Crippen molar-refractivity contribution in [3.05, 3.63) is 22.7 Å². The SMILES string of the molecule is O=C=Nc1cc(C(F)(F)F)cc(Cl)c1O. The molecule has 0 saturated carbocycles. The molecule has 0 aliphatic carbocycles. The molecule has 0 unspecified atom stereocenters. The van der Waals surface area contributed by atoms with Crippen LogP contribution in [-0.2, 0) is 11.0 Å². The Morgan fingerprint density at radius 2 is 2.00 bits per heavy atom. The highest BCUT2D eigenvalue weighted by atomic mass is 35.5. The molecule has 15 heavy (non-hydrogen) atoms. The number of hydrogen-bond acceptors (Lipinski definition) is 3. The summed E-state index contributed by atoms with van der Waals surface area (Å²) >= 11 is 5.32. The Labute approximate surface area is 86.8 Å². The first kappa shape index (κ1) is 11.6. The van der Waals surface area contributed by atoms with Crippen LogP contribution in [0.3, 0.4) is 0 Å². The van der Waals surface area contributed by atoms with Gasteiger partial charge in [-0.05, 0) is 12.1 Å². The molecule has 7 heteroatoms. The van der Waals surface area contributed by atoms with Crippen LogP contribution in [0.2, 0.25) is 5.02 Å². The van der Waals surface area contributed by atoms with Gasteiger partial charge in [0.25, 0.3) is 0 Å². The number of benzene rings is 1. The van der Waals surface area contributed by atoms with Crippen LogP contribution in [0.15, 0.2) is 17.1 Å². The zero-order chi connectivity index (χ0) is 11.6. The predicted octanol–water partition coefficient (Wildman–Crippen LogP) is 3.03. The number of carbonyl (C=O) groups excluding carboxylic acids is 1. The molecule has 0 spiro atoms. The first-order chi connectivity index (χ1) is 6.86. The Bertz CT molecular complexity index is 438. The third kappa shape index (κ3) is 2.49. The predicted molar refractivity (Wildman–Crippen MR) is 45.9 cm³/mol. The lowest BCUT2D eigenvalue weighted by Crippen LogP contribution is -2.04. The van der Waals surface area contributed by atoms with Gasteiger partial charge < -0.3 is 5.11 Å². The van der Waals surface area contributed by atoms with Crippen LogP contribution in [0.5, 0.6) is 5.75 Å². The summed E-state index contributed by atoms with van der Waals surface area (Å²) in [7, 11) is 0. The highest BCUT2D eigenvalue weighted by molar-refractivity contribution is 6.32. The van der Waals surface area contributed by atoms with Crippen LogP contribution >= 0.6 is 11.6 Å². The van der Waals surface area contributed by atoms with E-state index in [0.29, 0.717) is 12.1 Å². The highest BCUT2D eigenvalue weighted by Crippen LogP contribution is 2.40. The third-order valence-corrected chi connectivity index (χ3v) is 1.82. The molecule has 0 heterocycles. The Balaban J connectivity index is 3.42. The molecule has 80 valence electrons. The molecule has 1 rings (SSSR count). The van der Waals surface area contributed by atoms with E-state index in [9.17, 15) is 18.0 Å². The monoisotopic (exact) mass is 237 g/mol. The third-order valence-electron chi connectivity index (χ3n) is 1.54. The zero-order valence-electron chi connectivity index (χ0n) is 6.97. The van der Waals surface area contributed by atoms with Crippen molar-refractivity contribution in [2.45, 2.75) is 6.18 Å². The van der Waals surface area contributed by atoms with Gasteiger partial charge >= 0.3 is 6.18 Å². The fraction of sp³-hybridized carbons (Fsp3) is 0.125. The minimum atomic E-state index is -4.62. The van der Waals surface area contributed by atoms with Gasteiger partial charge in [-0.15, -0.1) is 0 Å². The second kappa shape index (κ2) is 3.92. The summed E-state index contributed by atoms with van der Waals surface area (Å²) < 4.78 is 36.7. The molecule has 1 aromatic carbocycles. The van der Waals surface area contributed by atoms with Crippen molar-refractivity contribution < 1.29 is 23.1 Å². The fourth-order valence-electron chi connectivity index (χ4n) is 0.883. The average molecular weight is 238 g/mol. The minimum absolute atomic E-state index is 0.506. The Hall–Kier alpha value is -1.52. The van der Waals surface area contributed by atoms with Crippen LogP contribution in [-0.4, -0.2) is 11.2 Å². The molecule has 3 nitrogen and oxygen atoms in total. The molecule has 0 aliphatic heterocycles. The van der Waals surface area contributed by atoms with E-state index < -0.39 is 28.2 Å². The number of aliphatic imine (C=N–C) groups is 1. The van der Waals surface area contributed by atoms with Gasteiger partial charge in [0.15, 0.2) is 5.75 Å². The number of phenolic OH excluding ortho intramolecular Hbond substituents is 1. The Morgan fingerprint density at radius 3 is 2.47 bits per heavy atom. The lowest BCUT2D eigenvalue weighted by Gasteiger charge is -2.08. The second-order valence-corrected chi connectivity index (χ2v) is 2.93. The van der Waals surface area contributed by atoms with Gasteiger partial charge in [0, 0.05) is 0 Å². The number of halogens is 4. The number of aromatic hydroxyl groups is 1. The van der Waals surface area contributed by atoms with Crippen molar-refractivity contribution in [3.63, 3.8) is 0 Å². The van der Waals surface area contributed by atoms with Gasteiger partial charge in [-0.1, -0.05) is 11.6 Å². The molecule has 0 amide bonds. The van der Waals surface area contributed by atoms with Crippen molar-refractivity contribution in [1.29, 1.82) is 0 Å². The van der Waals surface area contributed by atoms with E-state index in [4.69, 9.17) is 16.7 Å². The van der Waals surface area contributed by atoms with E-state index in [2.05, 4.69) is 4.99 Å². The summed E-state index contributed by atoms with van der Waals surface area (Å²) in [6.07, 6.45) is -3.60. The molecule has 1 aromatic rings. The summed E-state index contributed by atoms with van der Waals surface area (Å²) in [6, 6.07) is 1.05. The molecule has 0 aliphatic rings. The maximum atomic E-state index is 12.2. The number of alkyl halides is 3. The van der Waals surface area contributed by atoms with Gasteiger partial charge in [0.05, 0.1) is 10.6 Å². The lowest BCUT2D eigenvalue weighted by molar-refractivity contribution is -0.137. The van der Waals surface area contributed by atoms with Crippen LogP contribution in [0, 0.1) is 0 Å². The molecule has 0 fully saturated rings. The normalized spacial score (nSPS) is 10.9. The number of phenols is 1. The van der Waals surface area contributed by atoms with E-state index in [1.54, 1.807) is 0 Å². The highest BCUT2D eigenvalue weighted by Gasteiger charge is 2.32. The molecule has 0 atom stereocenters. The van der Waals surface area contributed by atoms with Crippen LogP contribution in [0.4, 0.5) is 18.9 Å². The summed E-state index contributed by atoms with van der Waals surface area (Å²) in [4.78, 5) is 12.8. The summed E-state index contributed by atoms with van der Waals surface area (Å²) in [5.74, 6) is -0.687. The number of nitrogens with zero attached hydrogens (tertiary/aromatic N) is 1. The standard InChI is InChI=1S/C8H3ClF3NO2/c9-5-1-4(8(10,11)12)2-6(7(5)15)13-3-14/h1-2,15H. The average Bonchev–Trinajstić information content (AvgIpc) is 2.11.